The second-order valence-electron chi connectivity index (χ2n) is 8.96. The molecule has 2 N–H and O–H groups in total. The first kappa shape index (κ1) is 17.2. The van der Waals surface area contributed by atoms with Crippen LogP contribution in [0.25, 0.3) is 0 Å². The highest BCUT2D eigenvalue weighted by Gasteiger charge is 2.64. The van der Waals surface area contributed by atoms with Gasteiger partial charge in [-0.15, -0.1) is 0 Å². The Balaban J connectivity index is 1.23. The molecule has 1 amide bonds. The molecule has 0 aromatic carbocycles. The summed E-state index contributed by atoms with van der Waals surface area (Å²) in [5.74, 6) is 1.28. The lowest BCUT2D eigenvalue weighted by molar-refractivity contribution is -0.130. The highest BCUT2D eigenvalue weighted by molar-refractivity contribution is 6.48. The average molecular weight is 359 g/mol. The molecule has 0 aromatic heterocycles. The molecular weight excluding hydrogens is 329 g/mol. The quantitative estimate of drug-likeness (QED) is 0.572. The first-order chi connectivity index (χ1) is 12.6. The summed E-state index contributed by atoms with van der Waals surface area (Å²) in [6.07, 6.45) is 5.47. The number of amides is 1. The Hall–Kier alpha value is -0.885. The van der Waals surface area contributed by atoms with E-state index < -0.39 is 0 Å². The van der Waals surface area contributed by atoms with Crippen LogP contribution >= 0.6 is 0 Å². The fraction of sp³-hybridized carbons (Fsp3) is 0.842. The third-order valence-electron chi connectivity index (χ3n) is 7.53. The fourth-order valence-electron chi connectivity index (χ4n) is 5.78. The minimum atomic E-state index is -0.281. The normalized spacial score (nSPS) is 44.3. The second-order valence-corrected chi connectivity index (χ2v) is 8.96. The largest absolute Gasteiger partial charge is 0.481 e. The summed E-state index contributed by atoms with van der Waals surface area (Å²) >= 11 is 0. The SMILES string of the molecule is C=C1[C@@H]2C[C@H]3OB([C@@H]4CCCN4C(=O)CNC4CCNC4)O[C@@]3(C)[C@H]1C2. The van der Waals surface area contributed by atoms with Crippen molar-refractivity contribution in [2.45, 2.75) is 62.7 Å². The third kappa shape index (κ3) is 2.59. The standard InChI is InChI=1S/C19H30BN3O3/c1-12-13-8-15(12)19(2)16(9-13)25-20(26-19)17-4-3-7-23(17)18(24)11-22-14-5-6-21-10-14/h13-17,21-22H,1,3-11H2,2H3/t13-,14?,15-,16+,17-,19-/m0/s1. The Morgan fingerprint density at radius 1 is 1.46 bits per heavy atom. The van der Waals surface area contributed by atoms with E-state index in [-0.39, 0.29) is 30.7 Å². The molecule has 3 saturated heterocycles. The van der Waals surface area contributed by atoms with Gasteiger partial charge in [0.1, 0.15) is 0 Å². The highest BCUT2D eigenvalue weighted by Crippen LogP contribution is 2.59. The van der Waals surface area contributed by atoms with Gasteiger partial charge in [-0.25, -0.2) is 0 Å². The Morgan fingerprint density at radius 3 is 3.12 bits per heavy atom. The zero-order valence-corrected chi connectivity index (χ0v) is 15.7. The molecule has 142 valence electrons. The predicted molar refractivity (Wildman–Crippen MR) is 99.5 cm³/mol. The van der Waals surface area contributed by atoms with Gasteiger partial charge >= 0.3 is 7.12 Å². The number of carbonyl (C=O) groups excluding carboxylic acids is 1. The smallest absolute Gasteiger partial charge is 0.404 e. The van der Waals surface area contributed by atoms with Gasteiger partial charge in [-0.2, -0.15) is 0 Å². The van der Waals surface area contributed by atoms with Gasteiger partial charge in [0.05, 0.1) is 24.2 Å². The number of likely N-dealkylation sites (tertiary alicyclic amines) is 1. The van der Waals surface area contributed by atoms with Crippen LogP contribution in [0.15, 0.2) is 12.2 Å². The van der Waals surface area contributed by atoms with Crippen molar-refractivity contribution in [3.63, 3.8) is 0 Å². The maximum absolute atomic E-state index is 12.8. The van der Waals surface area contributed by atoms with E-state index in [2.05, 4.69) is 24.1 Å². The van der Waals surface area contributed by atoms with Crippen LogP contribution in [0.2, 0.25) is 0 Å². The summed E-state index contributed by atoms with van der Waals surface area (Å²) in [5, 5.41) is 6.73. The van der Waals surface area contributed by atoms with Crippen molar-refractivity contribution in [2.24, 2.45) is 11.8 Å². The molecule has 3 aliphatic heterocycles. The summed E-state index contributed by atoms with van der Waals surface area (Å²) in [6.45, 7) is 9.68. The summed E-state index contributed by atoms with van der Waals surface area (Å²) in [5.41, 5.74) is 1.10. The minimum Gasteiger partial charge on any atom is -0.404 e. The van der Waals surface area contributed by atoms with E-state index in [1.54, 1.807) is 0 Å². The maximum Gasteiger partial charge on any atom is 0.481 e. The van der Waals surface area contributed by atoms with Gasteiger partial charge < -0.3 is 24.8 Å². The van der Waals surface area contributed by atoms with Crippen LogP contribution < -0.4 is 10.6 Å². The molecule has 0 aromatic rings. The summed E-state index contributed by atoms with van der Waals surface area (Å²) in [6, 6.07) is 0.415. The summed E-state index contributed by atoms with van der Waals surface area (Å²) in [4.78, 5) is 14.8. The van der Waals surface area contributed by atoms with Crippen LogP contribution in [0.4, 0.5) is 0 Å². The second kappa shape index (κ2) is 6.33. The van der Waals surface area contributed by atoms with Crippen molar-refractivity contribution in [3.05, 3.63) is 12.2 Å². The molecule has 7 heteroatoms. The van der Waals surface area contributed by atoms with Gasteiger partial charge in [0, 0.05) is 25.0 Å². The van der Waals surface area contributed by atoms with Crippen molar-refractivity contribution < 1.29 is 14.1 Å². The van der Waals surface area contributed by atoms with E-state index in [1.807, 2.05) is 4.90 Å². The van der Waals surface area contributed by atoms with Crippen LogP contribution in [0.3, 0.4) is 0 Å². The monoisotopic (exact) mass is 359 g/mol. The fourth-order valence-corrected chi connectivity index (χ4v) is 5.78. The van der Waals surface area contributed by atoms with Crippen LogP contribution in [0.5, 0.6) is 0 Å². The Morgan fingerprint density at radius 2 is 2.35 bits per heavy atom. The predicted octanol–water partition coefficient (Wildman–Crippen LogP) is 0.726. The van der Waals surface area contributed by atoms with E-state index in [9.17, 15) is 4.79 Å². The van der Waals surface area contributed by atoms with E-state index in [0.717, 1.165) is 45.3 Å². The molecule has 2 bridgehead atoms. The van der Waals surface area contributed by atoms with Crippen LogP contribution in [0, 0.1) is 11.8 Å². The molecule has 0 radical (unpaired) electrons. The molecular formula is C19H30BN3O3. The number of nitrogens with zero attached hydrogens (tertiary/aromatic N) is 1. The molecule has 1 unspecified atom stereocenters. The average Bonchev–Trinajstić information content (AvgIpc) is 3.35. The number of nitrogens with one attached hydrogen (secondary N) is 2. The van der Waals surface area contributed by atoms with Gasteiger partial charge in [0.25, 0.3) is 0 Å². The van der Waals surface area contributed by atoms with Crippen LogP contribution in [0.1, 0.15) is 39.0 Å². The lowest BCUT2D eigenvalue weighted by Gasteiger charge is -2.55. The van der Waals surface area contributed by atoms with Crippen molar-refractivity contribution in [1.82, 2.24) is 15.5 Å². The Kier molecular flexibility index (Phi) is 4.19. The Labute approximate surface area is 156 Å². The van der Waals surface area contributed by atoms with E-state index in [1.165, 1.54) is 12.0 Å². The number of carbonyl (C=O) groups is 1. The highest BCUT2D eigenvalue weighted by atomic mass is 16.7. The summed E-state index contributed by atoms with van der Waals surface area (Å²) < 4.78 is 12.9. The number of hydrogen-bond acceptors (Lipinski definition) is 5. The minimum absolute atomic E-state index is 0.0545. The molecule has 6 fully saturated rings. The summed E-state index contributed by atoms with van der Waals surface area (Å²) in [7, 11) is -0.281. The van der Waals surface area contributed by atoms with Crippen molar-refractivity contribution in [3.8, 4) is 0 Å². The first-order valence-electron chi connectivity index (χ1n) is 10.3. The Bertz CT molecular complexity index is 611. The molecule has 3 heterocycles. The third-order valence-corrected chi connectivity index (χ3v) is 7.53. The zero-order valence-electron chi connectivity index (χ0n) is 15.7. The van der Waals surface area contributed by atoms with Crippen molar-refractivity contribution >= 4 is 13.0 Å². The number of hydrogen-bond donors (Lipinski definition) is 2. The van der Waals surface area contributed by atoms with Crippen molar-refractivity contribution in [2.75, 3.05) is 26.2 Å². The molecule has 26 heavy (non-hydrogen) atoms. The number of rotatable bonds is 4. The molecule has 0 spiro atoms. The molecule has 6 aliphatic rings. The molecule has 6 atom stereocenters. The van der Waals surface area contributed by atoms with Crippen molar-refractivity contribution in [1.29, 1.82) is 0 Å². The molecule has 3 aliphatic carbocycles. The van der Waals surface area contributed by atoms with E-state index in [4.69, 9.17) is 9.31 Å². The van der Waals surface area contributed by atoms with Gasteiger partial charge in [-0.1, -0.05) is 12.2 Å². The maximum atomic E-state index is 12.8. The topological polar surface area (TPSA) is 62.8 Å². The molecule has 6 nitrogen and oxygen atoms in total. The lowest BCUT2D eigenvalue weighted by atomic mass is 9.54. The molecule has 3 saturated carbocycles. The van der Waals surface area contributed by atoms with Crippen LogP contribution in [-0.4, -0.2) is 67.8 Å². The van der Waals surface area contributed by atoms with Gasteiger partial charge in [-0.05, 0) is 51.5 Å². The lowest BCUT2D eigenvalue weighted by Crippen LogP contribution is -2.57. The van der Waals surface area contributed by atoms with E-state index >= 15 is 0 Å². The first-order valence-corrected chi connectivity index (χ1v) is 10.3. The zero-order chi connectivity index (χ0) is 17.9. The van der Waals surface area contributed by atoms with Crippen LogP contribution in [-0.2, 0) is 14.1 Å². The molecule has 6 rings (SSSR count). The van der Waals surface area contributed by atoms with E-state index in [0.29, 0.717) is 24.4 Å². The van der Waals surface area contributed by atoms with Gasteiger partial charge in [0.15, 0.2) is 0 Å². The van der Waals surface area contributed by atoms with Gasteiger partial charge in [-0.3, -0.25) is 4.79 Å². The van der Waals surface area contributed by atoms with Gasteiger partial charge in [0.2, 0.25) is 5.91 Å².